The summed E-state index contributed by atoms with van der Waals surface area (Å²) in [6.07, 6.45) is 16.4. The van der Waals surface area contributed by atoms with Crippen molar-refractivity contribution in [2.24, 2.45) is 0 Å². The van der Waals surface area contributed by atoms with E-state index >= 15 is 0 Å². The molecule has 2 fully saturated rings. The number of carbonyl (C=O) groups is 1. The fourth-order valence-electron chi connectivity index (χ4n) is 3.00. The first-order chi connectivity index (χ1) is 10.7. The highest BCUT2D eigenvalue weighted by Crippen LogP contribution is 2.31. The predicted octanol–water partition coefficient (Wildman–Crippen LogP) is 4.08. The standard InChI is InChI=1S/C18H30O4/c1-2-14-15(21-14)11-8-9-12-17-16(22-17)10-6-4-3-5-7-13-18(19)20/h8-9,14-17H,2-7,10-13H2,1H3,(H,19,20)/b9-8+. The molecule has 126 valence electrons. The average Bonchev–Trinajstić information content (AvgIpc) is 3.39. The van der Waals surface area contributed by atoms with Gasteiger partial charge in [0.25, 0.3) is 0 Å². The average molecular weight is 310 g/mol. The van der Waals surface area contributed by atoms with Gasteiger partial charge in [-0.25, -0.2) is 0 Å². The summed E-state index contributed by atoms with van der Waals surface area (Å²) >= 11 is 0. The van der Waals surface area contributed by atoms with Crippen LogP contribution in [0.5, 0.6) is 0 Å². The van der Waals surface area contributed by atoms with E-state index in [-0.39, 0.29) is 0 Å². The van der Waals surface area contributed by atoms with Gasteiger partial charge in [0.1, 0.15) is 0 Å². The van der Waals surface area contributed by atoms with E-state index in [1.807, 2.05) is 0 Å². The number of rotatable bonds is 13. The van der Waals surface area contributed by atoms with Gasteiger partial charge >= 0.3 is 5.97 Å². The van der Waals surface area contributed by atoms with Gasteiger partial charge in [-0.15, -0.1) is 0 Å². The molecule has 0 bridgehead atoms. The van der Waals surface area contributed by atoms with Crippen molar-refractivity contribution in [1.29, 1.82) is 0 Å². The lowest BCUT2D eigenvalue weighted by molar-refractivity contribution is -0.137. The molecule has 4 heteroatoms. The van der Waals surface area contributed by atoms with Crippen LogP contribution in [0.3, 0.4) is 0 Å². The van der Waals surface area contributed by atoms with Crippen LogP contribution in [0.2, 0.25) is 0 Å². The minimum atomic E-state index is -0.680. The van der Waals surface area contributed by atoms with E-state index < -0.39 is 5.97 Å². The highest BCUT2D eigenvalue weighted by molar-refractivity contribution is 5.66. The third-order valence-corrected chi connectivity index (χ3v) is 4.56. The van der Waals surface area contributed by atoms with E-state index in [1.165, 1.54) is 12.8 Å². The van der Waals surface area contributed by atoms with Crippen molar-refractivity contribution in [2.75, 3.05) is 0 Å². The predicted molar refractivity (Wildman–Crippen MR) is 85.9 cm³/mol. The molecule has 0 aliphatic carbocycles. The maximum Gasteiger partial charge on any atom is 0.303 e. The zero-order chi connectivity index (χ0) is 15.8. The Bertz CT molecular complexity index is 366. The van der Waals surface area contributed by atoms with Gasteiger partial charge in [0.05, 0.1) is 24.4 Å². The second-order valence-electron chi connectivity index (χ2n) is 6.48. The van der Waals surface area contributed by atoms with Crippen LogP contribution in [-0.2, 0) is 14.3 Å². The molecule has 2 heterocycles. The molecule has 2 rings (SSSR count). The van der Waals surface area contributed by atoms with Crippen molar-refractivity contribution in [1.82, 2.24) is 0 Å². The molecule has 2 aliphatic rings. The minimum absolute atomic E-state index is 0.311. The fourth-order valence-corrected chi connectivity index (χ4v) is 3.00. The molecule has 0 aromatic heterocycles. The molecule has 4 nitrogen and oxygen atoms in total. The van der Waals surface area contributed by atoms with Crippen molar-refractivity contribution < 1.29 is 19.4 Å². The molecule has 0 aromatic carbocycles. The second kappa shape index (κ2) is 9.31. The maximum atomic E-state index is 10.4. The van der Waals surface area contributed by atoms with E-state index in [0.29, 0.717) is 30.8 Å². The molecule has 0 aromatic rings. The van der Waals surface area contributed by atoms with Crippen LogP contribution in [0.4, 0.5) is 0 Å². The summed E-state index contributed by atoms with van der Waals surface area (Å²) < 4.78 is 11.2. The van der Waals surface area contributed by atoms with Gasteiger partial charge < -0.3 is 14.6 Å². The lowest BCUT2D eigenvalue weighted by Gasteiger charge is -1.99. The van der Waals surface area contributed by atoms with Gasteiger partial charge in [-0.3, -0.25) is 4.79 Å². The monoisotopic (exact) mass is 310 g/mol. The molecule has 4 atom stereocenters. The Morgan fingerprint density at radius 1 is 0.909 bits per heavy atom. The molecule has 2 aliphatic heterocycles. The van der Waals surface area contributed by atoms with Crippen LogP contribution in [-0.4, -0.2) is 35.5 Å². The largest absolute Gasteiger partial charge is 0.481 e. The summed E-state index contributed by atoms with van der Waals surface area (Å²) in [5, 5.41) is 8.55. The molecule has 22 heavy (non-hydrogen) atoms. The van der Waals surface area contributed by atoms with Gasteiger partial charge in [0, 0.05) is 6.42 Å². The number of unbranched alkanes of at least 4 members (excludes halogenated alkanes) is 4. The van der Waals surface area contributed by atoms with Gasteiger partial charge in [0.15, 0.2) is 0 Å². The van der Waals surface area contributed by atoms with Crippen LogP contribution in [0, 0.1) is 0 Å². The molecule has 0 spiro atoms. The number of carboxylic acids is 1. The number of hydrogen-bond acceptors (Lipinski definition) is 3. The molecule has 4 unspecified atom stereocenters. The van der Waals surface area contributed by atoms with Crippen LogP contribution in [0.25, 0.3) is 0 Å². The van der Waals surface area contributed by atoms with Crippen molar-refractivity contribution in [3.8, 4) is 0 Å². The van der Waals surface area contributed by atoms with Crippen molar-refractivity contribution >= 4 is 5.97 Å². The molecular weight excluding hydrogens is 280 g/mol. The van der Waals surface area contributed by atoms with Gasteiger partial charge in [-0.1, -0.05) is 44.8 Å². The zero-order valence-electron chi connectivity index (χ0n) is 13.7. The third-order valence-electron chi connectivity index (χ3n) is 4.56. The molecule has 0 amide bonds. The second-order valence-corrected chi connectivity index (χ2v) is 6.48. The Labute approximate surface area is 133 Å². The normalized spacial score (nSPS) is 29.9. The fraction of sp³-hybridized carbons (Fsp3) is 0.833. The van der Waals surface area contributed by atoms with Crippen LogP contribution < -0.4 is 0 Å². The van der Waals surface area contributed by atoms with Crippen LogP contribution in [0.1, 0.15) is 71.1 Å². The Morgan fingerprint density at radius 3 is 2.14 bits per heavy atom. The van der Waals surface area contributed by atoms with E-state index in [0.717, 1.165) is 44.9 Å². The number of hydrogen-bond donors (Lipinski definition) is 1. The quantitative estimate of drug-likeness (QED) is 0.316. The number of carboxylic acid groups (broad SMARTS) is 1. The summed E-state index contributed by atoms with van der Waals surface area (Å²) in [6, 6.07) is 0. The number of aliphatic carboxylic acids is 1. The Kier molecular flexibility index (Phi) is 7.40. The van der Waals surface area contributed by atoms with Crippen molar-refractivity contribution in [3.05, 3.63) is 12.2 Å². The van der Waals surface area contributed by atoms with Crippen LogP contribution in [0.15, 0.2) is 12.2 Å². The third kappa shape index (κ3) is 6.93. The van der Waals surface area contributed by atoms with E-state index in [1.54, 1.807) is 0 Å². The SMILES string of the molecule is CCC1OC1C/C=C/CC1OC1CCCCCCCC(=O)O. The Hall–Kier alpha value is -0.870. The highest BCUT2D eigenvalue weighted by atomic mass is 16.6. The Balaban J connectivity index is 1.36. The highest BCUT2D eigenvalue weighted by Gasteiger charge is 2.37. The summed E-state index contributed by atoms with van der Waals surface area (Å²) in [7, 11) is 0. The number of epoxide rings is 2. The van der Waals surface area contributed by atoms with Crippen molar-refractivity contribution in [2.45, 2.75) is 95.5 Å². The summed E-state index contributed by atoms with van der Waals surface area (Å²) in [5.74, 6) is -0.680. The lowest BCUT2D eigenvalue weighted by atomic mass is 10.1. The van der Waals surface area contributed by atoms with E-state index in [4.69, 9.17) is 14.6 Å². The first-order valence-corrected chi connectivity index (χ1v) is 8.88. The van der Waals surface area contributed by atoms with Crippen LogP contribution >= 0.6 is 0 Å². The van der Waals surface area contributed by atoms with E-state index in [2.05, 4.69) is 19.1 Å². The minimum Gasteiger partial charge on any atom is -0.481 e. The topological polar surface area (TPSA) is 62.4 Å². The first-order valence-electron chi connectivity index (χ1n) is 8.88. The summed E-state index contributed by atoms with van der Waals surface area (Å²) in [6.45, 7) is 2.17. The van der Waals surface area contributed by atoms with Gasteiger partial charge in [0.2, 0.25) is 0 Å². The number of ether oxygens (including phenoxy) is 2. The summed E-state index contributed by atoms with van der Waals surface area (Å²) in [5.41, 5.74) is 0. The van der Waals surface area contributed by atoms with Crippen molar-refractivity contribution in [3.63, 3.8) is 0 Å². The zero-order valence-corrected chi connectivity index (χ0v) is 13.7. The van der Waals surface area contributed by atoms with Gasteiger partial charge in [-0.05, 0) is 32.1 Å². The smallest absolute Gasteiger partial charge is 0.303 e. The van der Waals surface area contributed by atoms with E-state index in [9.17, 15) is 4.79 Å². The molecule has 0 radical (unpaired) electrons. The molecule has 0 saturated carbocycles. The van der Waals surface area contributed by atoms with Gasteiger partial charge in [-0.2, -0.15) is 0 Å². The molecule has 1 N–H and O–H groups in total. The summed E-state index contributed by atoms with van der Waals surface area (Å²) in [4.78, 5) is 10.4. The Morgan fingerprint density at radius 2 is 1.50 bits per heavy atom. The molecular formula is C18H30O4. The first kappa shape index (κ1) is 17.5. The lowest BCUT2D eigenvalue weighted by Crippen LogP contribution is -1.95. The molecule has 2 saturated heterocycles. The maximum absolute atomic E-state index is 10.4.